The lowest BCUT2D eigenvalue weighted by Gasteiger charge is -2.26. The maximum Gasteiger partial charge on any atom is 0.126 e. The molecule has 3 heteroatoms. The van der Waals surface area contributed by atoms with Gasteiger partial charge in [0.25, 0.3) is 0 Å². The smallest absolute Gasteiger partial charge is 0.126 e. The van der Waals surface area contributed by atoms with Crippen LogP contribution in [-0.4, -0.2) is 17.8 Å². The number of rotatable bonds is 4. The van der Waals surface area contributed by atoms with Crippen molar-refractivity contribution in [2.75, 3.05) is 6.61 Å². The van der Waals surface area contributed by atoms with Crippen molar-refractivity contribution in [2.24, 2.45) is 5.92 Å². The lowest BCUT2D eigenvalue weighted by atomic mass is 9.85. The number of halogens is 1. The average Bonchev–Trinajstić information content (AvgIpc) is 2.41. The molecule has 0 amide bonds. The van der Waals surface area contributed by atoms with Gasteiger partial charge in [0, 0.05) is 0 Å². The molecule has 0 heterocycles. The van der Waals surface area contributed by atoms with Crippen molar-refractivity contribution >= 4 is 0 Å². The molecule has 1 fully saturated rings. The molecule has 18 heavy (non-hydrogen) atoms. The zero-order valence-corrected chi connectivity index (χ0v) is 10.9. The van der Waals surface area contributed by atoms with E-state index in [2.05, 4.69) is 0 Å². The number of ether oxygens (including phenoxy) is 1. The quantitative estimate of drug-likeness (QED) is 0.889. The monoisotopic (exact) mass is 252 g/mol. The Hall–Kier alpha value is -1.09. The number of hydrogen-bond acceptors (Lipinski definition) is 2. The molecule has 0 spiro atoms. The minimum atomic E-state index is -0.407. The van der Waals surface area contributed by atoms with Gasteiger partial charge in [0.05, 0.1) is 6.10 Å². The maximum absolute atomic E-state index is 13.1. The predicted molar refractivity (Wildman–Crippen MR) is 69.2 cm³/mol. The first-order valence-corrected chi connectivity index (χ1v) is 6.74. The first kappa shape index (κ1) is 13.3. The molecule has 1 aromatic carbocycles. The summed E-state index contributed by atoms with van der Waals surface area (Å²) in [6.07, 6.45) is 5.46. The third-order valence-corrected chi connectivity index (χ3v) is 3.74. The summed E-state index contributed by atoms with van der Waals surface area (Å²) < 4.78 is 18.6. The molecular weight excluding hydrogens is 231 g/mol. The summed E-state index contributed by atoms with van der Waals surface area (Å²) in [5.41, 5.74) is 0.569. The van der Waals surface area contributed by atoms with Crippen LogP contribution in [0.3, 0.4) is 0 Å². The van der Waals surface area contributed by atoms with Crippen molar-refractivity contribution in [3.63, 3.8) is 0 Å². The molecule has 1 atom stereocenters. The largest absolute Gasteiger partial charge is 0.491 e. The van der Waals surface area contributed by atoms with Gasteiger partial charge in [-0.15, -0.1) is 0 Å². The Labute approximate surface area is 108 Å². The molecule has 0 saturated heterocycles. The van der Waals surface area contributed by atoms with Gasteiger partial charge in [-0.1, -0.05) is 19.3 Å². The zero-order valence-electron chi connectivity index (χ0n) is 10.9. The first-order chi connectivity index (χ1) is 8.66. The van der Waals surface area contributed by atoms with E-state index in [-0.39, 0.29) is 5.82 Å². The van der Waals surface area contributed by atoms with Gasteiger partial charge in [-0.3, -0.25) is 0 Å². The van der Waals surface area contributed by atoms with Crippen molar-refractivity contribution in [2.45, 2.75) is 45.1 Å². The van der Waals surface area contributed by atoms with Crippen molar-refractivity contribution in [1.29, 1.82) is 0 Å². The zero-order chi connectivity index (χ0) is 13.0. The second kappa shape index (κ2) is 6.19. The molecule has 1 aliphatic rings. The third-order valence-electron chi connectivity index (χ3n) is 3.74. The summed E-state index contributed by atoms with van der Waals surface area (Å²) in [7, 11) is 0. The Balaban J connectivity index is 1.84. The molecule has 0 aromatic heterocycles. The molecule has 1 saturated carbocycles. The summed E-state index contributed by atoms with van der Waals surface area (Å²) >= 11 is 0. The van der Waals surface area contributed by atoms with Crippen molar-refractivity contribution in [1.82, 2.24) is 0 Å². The van der Waals surface area contributed by atoms with Crippen LogP contribution >= 0.6 is 0 Å². The number of aliphatic hydroxyl groups excluding tert-OH is 1. The van der Waals surface area contributed by atoms with E-state index >= 15 is 0 Å². The summed E-state index contributed by atoms with van der Waals surface area (Å²) in [5.74, 6) is 0.763. The number of hydrogen-bond donors (Lipinski definition) is 1. The van der Waals surface area contributed by atoms with Crippen LogP contribution in [0.25, 0.3) is 0 Å². The predicted octanol–water partition coefficient (Wildman–Crippen LogP) is 3.45. The lowest BCUT2D eigenvalue weighted by molar-refractivity contribution is 0.0413. The normalized spacial score (nSPS) is 18.6. The molecule has 1 N–H and O–H groups in total. The highest BCUT2D eigenvalue weighted by molar-refractivity contribution is 5.28. The fourth-order valence-corrected chi connectivity index (χ4v) is 2.54. The molecule has 0 radical (unpaired) electrons. The molecular formula is C15H21FO2. The number of aliphatic hydroxyl groups is 1. The number of aryl methyl sites for hydroxylation is 1. The molecule has 100 valence electrons. The standard InChI is InChI=1S/C15H21FO2/c1-11-9-13(7-8-14(11)16)18-10-15(17)12-5-3-2-4-6-12/h7-9,12,15,17H,2-6,10H2,1H3. The molecule has 1 aliphatic carbocycles. The van der Waals surface area contributed by atoms with Crippen molar-refractivity contribution in [3.8, 4) is 5.75 Å². The highest BCUT2D eigenvalue weighted by atomic mass is 19.1. The molecule has 0 aliphatic heterocycles. The van der Waals surface area contributed by atoms with E-state index in [9.17, 15) is 9.50 Å². The maximum atomic E-state index is 13.1. The van der Waals surface area contributed by atoms with Crippen LogP contribution in [0.4, 0.5) is 4.39 Å². The average molecular weight is 252 g/mol. The molecule has 2 rings (SSSR count). The van der Waals surface area contributed by atoms with Crippen LogP contribution in [0.2, 0.25) is 0 Å². The van der Waals surface area contributed by atoms with Gasteiger partial charge < -0.3 is 9.84 Å². The highest BCUT2D eigenvalue weighted by Crippen LogP contribution is 2.27. The molecule has 1 unspecified atom stereocenters. The Morgan fingerprint density at radius 2 is 2.06 bits per heavy atom. The van der Waals surface area contributed by atoms with Gasteiger partial charge in [0.15, 0.2) is 0 Å². The van der Waals surface area contributed by atoms with Crippen LogP contribution in [0.1, 0.15) is 37.7 Å². The minimum Gasteiger partial charge on any atom is -0.491 e. The van der Waals surface area contributed by atoms with Crippen LogP contribution in [0, 0.1) is 18.7 Å². The van der Waals surface area contributed by atoms with Gasteiger partial charge in [0.2, 0.25) is 0 Å². The van der Waals surface area contributed by atoms with Crippen molar-refractivity contribution in [3.05, 3.63) is 29.6 Å². The van der Waals surface area contributed by atoms with E-state index < -0.39 is 6.10 Å². The molecule has 1 aromatic rings. The lowest BCUT2D eigenvalue weighted by Crippen LogP contribution is -2.28. The van der Waals surface area contributed by atoms with E-state index in [0.29, 0.717) is 23.8 Å². The van der Waals surface area contributed by atoms with Crippen LogP contribution < -0.4 is 4.74 Å². The second-order valence-corrected chi connectivity index (χ2v) is 5.19. The Bertz CT molecular complexity index is 386. The Morgan fingerprint density at radius 1 is 1.33 bits per heavy atom. The topological polar surface area (TPSA) is 29.5 Å². The second-order valence-electron chi connectivity index (χ2n) is 5.19. The fourth-order valence-electron chi connectivity index (χ4n) is 2.54. The van der Waals surface area contributed by atoms with Crippen LogP contribution in [0.15, 0.2) is 18.2 Å². The van der Waals surface area contributed by atoms with Gasteiger partial charge in [0.1, 0.15) is 18.2 Å². The fraction of sp³-hybridized carbons (Fsp3) is 0.600. The van der Waals surface area contributed by atoms with E-state index in [1.807, 2.05) is 0 Å². The first-order valence-electron chi connectivity index (χ1n) is 6.74. The molecule has 2 nitrogen and oxygen atoms in total. The number of benzene rings is 1. The van der Waals surface area contributed by atoms with E-state index in [1.54, 1.807) is 19.1 Å². The Morgan fingerprint density at radius 3 is 2.72 bits per heavy atom. The van der Waals surface area contributed by atoms with E-state index in [4.69, 9.17) is 4.74 Å². The van der Waals surface area contributed by atoms with E-state index in [1.165, 1.54) is 25.3 Å². The third kappa shape index (κ3) is 3.45. The Kier molecular flexibility index (Phi) is 4.59. The minimum absolute atomic E-state index is 0.227. The summed E-state index contributed by atoms with van der Waals surface area (Å²) in [4.78, 5) is 0. The van der Waals surface area contributed by atoms with Crippen LogP contribution in [-0.2, 0) is 0 Å². The van der Waals surface area contributed by atoms with Crippen molar-refractivity contribution < 1.29 is 14.2 Å². The summed E-state index contributed by atoms with van der Waals surface area (Å²) in [6.45, 7) is 2.01. The SMILES string of the molecule is Cc1cc(OCC(O)C2CCCCC2)ccc1F. The molecule has 0 bridgehead atoms. The summed E-state index contributed by atoms with van der Waals surface area (Å²) in [5, 5.41) is 10.1. The van der Waals surface area contributed by atoms with Gasteiger partial charge in [-0.25, -0.2) is 4.39 Å². The van der Waals surface area contributed by atoms with Crippen LogP contribution in [0.5, 0.6) is 5.75 Å². The summed E-state index contributed by atoms with van der Waals surface area (Å²) in [6, 6.07) is 4.68. The van der Waals surface area contributed by atoms with Gasteiger partial charge in [-0.2, -0.15) is 0 Å². The van der Waals surface area contributed by atoms with E-state index in [0.717, 1.165) is 12.8 Å². The van der Waals surface area contributed by atoms with Gasteiger partial charge in [-0.05, 0) is 49.4 Å². The highest BCUT2D eigenvalue weighted by Gasteiger charge is 2.22. The van der Waals surface area contributed by atoms with Gasteiger partial charge >= 0.3 is 0 Å².